The Morgan fingerprint density at radius 1 is 1.27 bits per heavy atom. The van der Waals surface area contributed by atoms with Gasteiger partial charge in [0.2, 0.25) is 0 Å². The molecule has 1 amide bonds. The minimum Gasteiger partial charge on any atom is -0.357 e. The molecule has 26 heavy (non-hydrogen) atoms. The Balaban J connectivity index is 1.78. The molecule has 0 aliphatic carbocycles. The first-order valence-corrected chi connectivity index (χ1v) is 8.73. The second-order valence-corrected chi connectivity index (χ2v) is 6.60. The molecular weight excluding hydrogens is 397 g/mol. The third-order valence-electron chi connectivity index (χ3n) is 3.68. The minimum atomic E-state index is -0.352. The second-order valence-electron chi connectivity index (χ2n) is 5.43. The Morgan fingerprint density at radius 2 is 2.00 bits per heavy atom. The van der Waals surface area contributed by atoms with Crippen molar-refractivity contribution in [1.29, 1.82) is 0 Å². The maximum absolute atomic E-state index is 11.8. The van der Waals surface area contributed by atoms with Crippen LogP contribution in [0.15, 0.2) is 41.6 Å². The van der Waals surface area contributed by atoms with Crippen molar-refractivity contribution in [2.75, 3.05) is 0 Å². The molecule has 2 heterocycles. The maximum Gasteiger partial charge on any atom is 0.287 e. The van der Waals surface area contributed by atoms with Gasteiger partial charge in [-0.25, -0.2) is 10.1 Å². The highest BCUT2D eigenvalue weighted by molar-refractivity contribution is 6.36. The van der Waals surface area contributed by atoms with Crippen molar-refractivity contribution in [2.24, 2.45) is 5.10 Å². The van der Waals surface area contributed by atoms with Crippen LogP contribution in [0.4, 0.5) is 0 Å². The number of amides is 1. The van der Waals surface area contributed by atoms with Crippen LogP contribution in [0.5, 0.6) is 0 Å². The monoisotopic (exact) mass is 409 g/mol. The summed E-state index contributed by atoms with van der Waals surface area (Å²) in [4.78, 5) is 14.6. The van der Waals surface area contributed by atoms with Crippen molar-refractivity contribution in [3.63, 3.8) is 0 Å². The van der Waals surface area contributed by atoms with Gasteiger partial charge in [0.25, 0.3) is 5.91 Å². The van der Waals surface area contributed by atoms with Gasteiger partial charge in [-0.2, -0.15) is 10.2 Å². The lowest BCUT2D eigenvalue weighted by atomic mass is 10.2. The van der Waals surface area contributed by atoms with Crippen LogP contribution in [-0.4, -0.2) is 26.9 Å². The van der Waals surface area contributed by atoms with Crippen molar-refractivity contribution in [2.45, 2.75) is 13.5 Å². The molecule has 2 N–H and O–H groups in total. The van der Waals surface area contributed by atoms with E-state index < -0.39 is 0 Å². The van der Waals surface area contributed by atoms with Gasteiger partial charge in [-0.05, 0) is 31.2 Å². The lowest BCUT2D eigenvalue weighted by molar-refractivity contribution is 0.0951. The molecule has 0 unspecified atom stereocenters. The van der Waals surface area contributed by atoms with E-state index in [1.807, 2.05) is 0 Å². The number of halogens is 3. The average Bonchev–Trinajstić information content (AvgIpc) is 3.22. The molecule has 3 aromatic rings. The fourth-order valence-corrected chi connectivity index (χ4v) is 3.14. The third kappa shape index (κ3) is 3.93. The zero-order valence-electron chi connectivity index (χ0n) is 13.6. The van der Waals surface area contributed by atoms with E-state index in [1.54, 1.807) is 48.1 Å². The molecule has 0 aliphatic heterocycles. The van der Waals surface area contributed by atoms with E-state index in [1.165, 1.54) is 6.21 Å². The van der Waals surface area contributed by atoms with Crippen LogP contribution in [0.25, 0.3) is 0 Å². The van der Waals surface area contributed by atoms with Gasteiger partial charge in [-0.1, -0.05) is 40.9 Å². The number of benzene rings is 1. The van der Waals surface area contributed by atoms with E-state index in [9.17, 15) is 4.79 Å². The highest BCUT2D eigenvalue weighted by atomic mass is 35.5. The van der Waals surface area contributed by atoms with Crippen LogP contribution in [0.1, 0.15) is 27.3 Å². The number of H-pyrrole nitrogens is 1. The molecule has 1 aromatic carbocycles. The molecule has 0 saturated carbocycles. The van der Waals surface area contributed by atoms with E-state index in [4.69, 9.17) is 34.8 Å². The molecule has 0 aliphatic rings. The average molecular weight is 411 g/mol. The summed E-state index contributed by atoms with van der Waals surface area (Å²) in [6.45, 7) is 2.12. The smallest absolute Gasteiger partial charge is 0.287 e. The number of nitrogens with one attached hydrogen (secondary N) is 2. The second kappa shape index (κ2) is 7.95. The molecule has 0 radical (unpaired) electrons. The maximum atomic E-state index is 11.8. The first-order chi connectivity index (χ1) is 12.5. The van der Waals surface area contributed by atoms with Gasteiger partial charge in [0.15, 0.2) is 0 Å². The number of aromatic nitrogens is 3. The van der Waals surface area contributed by atoms with E-state index >= 15 is 0 Å². The van der Waals surface area contributed by atoms with Crippen LogP contribution in [0.3, 0.4) is 0 Å². The summed E-state index contributed by atoms with van der Waals surface area (Å²) in [7, 11) is 0. The number of hydrogen-bond acceptors (Lipinski definition) is 3. The first-order valence-electron chi connectivity index (χ1n) is 7.60. The lowest BCUT2D eigenvalue weighted by Gasteiger charge is -2.08. The Morgan fingerprint density at radius 3 is 2.65 bits per heavy atom. The van der Waals surface area contributed by atoms with Gasteiger partial charge >= 0.3 is 0 Å². The van der Waals surface area contributed by atoms with Crippen LogP contribution in [0.2, 0.25) is 15.2 Å². The molecule has 0 fully saturated rings. The molecule has 0 bridgehead atoms. The molecule has 2 aromatic heterocycles. The number of carbonyl (C=O) groups excluding carboxylic acids is 1. The molecule has 3 rings (SSSR count). The molecule has 134 valence electrons. The molecular formula is C17H14Cl3N5O. The normalized spacial score (nSPS) is 11.2. The topological polar surface area (TPSA) is 75.1 Å². The summed E-state index contributed by atoms with van der Waals surface area (Å²) in [5.41, 5.74) is 4.83. The van der Waals surface area contributed by atoms with Gasteiger partial charge in [-0.3, -0.25) is 4.79 Å². The number of hydrogen-bond donors (Lipinski definition) is 2. The summed E-state index contributed by atoms with van der Waals surface area (Å²) >= 11 is 18.8. The standard InChI is InChI=1S/C17H14Cl3N5O/c1-10-11(8-22-23-17(26)15-6-3-7-21-15)16(20)25(24-10)9-12-13(18)4-2-5-14(12)19/h2-8,21H,9H2,1H3,(H,23,26)/b22-8-. The lowest BCUT2D eigenvalue weighted by Crippen LogP contribution is -2.17. The minimum absolute atomic E-state index is 0.320. The Bertz CT molecular complexity index is 943. The van der Waals surface area contributed by atoms with Crippen molar-refractivity contribution in [3.05, 3.63) is 74.2 Å². The molecule has 6 nitrogen and oxygen atoms in total. The highest BCUT2D eigenvalue weighted by Gasteiger charge is 2.15. The van der Waals surface area contributed by atoms with Crippen molar-refractivity contribution >= 4 is 46.9 Å². The van der Waals surface area contributed by atoms with Crippen LogP contribution in [0, 0.1) is 6.92 Å². The summed E-state index contributed by atoms with van der Waals surface area (Å²) in [6, 6.07) is 8.66. The summed E-state index contributed by atoms with van der Waals surface area (Å²) in [6.07, 6.45) is 3.11. The molecule has 0 atom stereocenters. The SMILES string of the molecule is Cc1nn(Cc2c(Cl)cccc2Cl)c(Cl)c1/C=N\NC(=O)c1ccc[nH]1. The predicted octanol–water partition coefficient (Wildman–Crippen LogP) is 4.29. The Hall–Kier alpha value is -2.28. The van der Waals surface area contributed by atoms with E-state index in [0.717, 1.165) is 5.56 Å². The Kier molecular flexibility index (Phi) is 5.66. The van der Waals surface area contributed by atoms with E-state index in [2.05, 4.69) is 20.6 Å². The largest absolute Gasteiger partial charge is 0.357 e. The summed E-state index contributed by atoms with van der Waals surface area (Å²) < 4.78 is 1.58. The van der Waals surface area contributed by atoms with Gasteiger partial charge < -0.3 is 4.98 Å². The number of nitrogens with zero attached hydrogens (tertiary/aromatic N) is 3. The predicted molar refractivity (Wildman–Crippen MR) is 103 cm³/mol. The summed E-state index contributed by atoms with van der Waals surface area (Å²) in [5.74, 6) is -0.352. The van der Waals surface area contributed by atoms with Crippen molar-refractivity contribution < 1.29 is 4.79 Å². The highest BCUT2D eigenvalue weighted by Crippen LogP contribution is 2.27. The number of aryl methyl sites for hydroxylation is 1. The molecule has 0 spiro atoms. The number of aromatic amines is 1. The van der Waals surface area contributed by atoms with Crippen molar-refractivity contribution in [3.8, 4) is 0 Å². The molecule has 0 saturated heterocycles. The van der Waals surface area contributed by atoms with Gasteiger partial charge in [0, 0.05) is 21.8 Å². The van der Waals surface area contributed by atoms with Gasteiger partial charge in [0.05, 0.1) is 24.0 Å². The van der Waals surface area contributed by atoms with Crippen LogP contribution >= 0.6 is 34.8 Å². The quantitative estimate of drug-likeness (QED) is 0.486. The van der Waals surface area contributed by atoms with Crippen LogP contribution < -0.4 is 5.43 Å². The number of carbonyl (C=O) groups is 1. The zero-order valence-corrected chi connectivity index (χ0v) is 15.9. The van der Waals surface area contributed by atoms with E-state index in [0.29, 0.717) is 38.7 Å². The summed E-state index contributed by atoms with van der Waals surface area (Å²) in [5, 5.41) is 9.78. The fourth-order valence-electron chi connectivity index (χ4n) is 2.34. The van der Waals surface area contributed by atoms with Crippen LogP contribution in [-0.2, 0) is 6.54 Å². The number of rotatable bonds is 5. The fraction of sp³-hybridized carbons (Fsp3) is 0.118. The number of hydrazone groups is 1. The zero-order chi connectivity index (χ0) is 18.7. The van der Waals surface area contributed by atoms with Gasteiger partial charge in [-0.15, -0.1) is 0 Å². The first kappa shape index (κ1) is 18.5. The van der Waals surface area contributed by atoms with E-state index in [-0.39, 0.29) is 5.91 Å². The third-order valence-corrected chi connectivity index (χ3v) is 4.79. The van der Waals surface area contributed by atoms with Gasteiger partial charge in [0.1, 0.15) is 10.8 Å². The molecule has 9 heteroatoms. The Labute approximate surface area is 164 Å². The van der Waals surface area contributed by atoms with Crippen molar-refractivity contribution in [1.82, 2.24) is 20.2 Å².